The number of nitrogens with one attached hydrogen (secondary N) is 2. The van der Waals surface area contributed by atoms with Crippen molar-refractivity contribution in [2.75, 3.05) is 32.1 Å². The summed E-state index contributed by atoms with van der Waals surface area (Å²) in [5.41, 5.74) is 1.27. The first kappa shape index (κ1) is 34.4. The minimum absolute atomic E-state index is 0.00103. The topological polar surface area (TPSA) is 149 Å². The molecular weight excluding hydrogens is 676 g/mol. The van der Waals surface area contributed by atoms with Crippen molar-refractivity contribution in [3.8, 4) is 5.75 Å². The molecule has 2 aromatic carbocycles. The van der Waals surface area contributed by atoms with Crippen LogP contribution in [-0.2, 0) is 30.7 Å². The molecule has 3 heterocycles. The molecule has 2 saturated carbocycles. The molecule has 1 aromatic heterocycles. The average Bonchev–Trinajstić information content (AvgIpc) is 3.70. The molecule has 7 unspecified atom stereocenters. The van der Waals surface area contributed by atoms with E-state index in [1.54, 1.807) is 12.1 Å². The monoisotopic (exact) mass is 718 g/mol. The quantitative estimate of drug-likeness (QED) is 0.218. The smallest absolute Gasteiger partial charge is 0.407 e. The summed E-state index contributed by atoms with van der Waals surface area (Å²) in [6.07, 6.45) is 0.651. The number of aromatic nitrogens is 1. The summed E-state index contributed by atoms with van der Waals surface area (Å²) >= 11 is 1.41. The number of halogens is 1. The second-order valence-electron chi connectivity index (χ2n) is 14.0. The number of benzene rings is 2. The predicted molar refractivity (Wildman–Crippen MR) is 181 cm³/mol. The van der Waals surface area contributed by atoms with E-state index in [0.29, 0.717) is 29.6 Å². The number of methoxy groups -OCH3 is 1. The zero-order chi connectivity index (χ0) is 34.4. The average molecular weight is 719 g/mol. The standard InChI is InChI=1S/C34H43FN4O8S2/c1-18(2)15-39(49(42,43)23-7-9-25-30(14-23)48-33(37-25)36-22-5-6-22)16-27(40)26(10-19-4-8-24(35)28(11-19)44-3)38-34(41)47-31-21-12-20-13-29(31)46-32(20)45-17-21/h4,7-9,11,14,18,20-22,26-27,29,31-32,40H,5-6,10,12-13,15-17H2,1-3H3,(H,36,37)(H,38,41). The second-order valence-corrected chi connectivity index (χ2v) is 17.0. The fourth-order valence-corrected chi connectivity index (χ4v) is 9.80. The zero-order valence-corrected chi connectivity index (χ0v) is 29.3. The number of alkyl carbamates (subject to hydrolysis) is 1. The van der Waals surface area contributed by atoms with Gasteiger partial charge in [-0.3, -0.25) is 0 Å². The van der Waals surface area contributed by atoms with Gasteiger partial charge in [0.25, 0.3) is 0 Å². The molecule has 4 fully saturated rings. The molecule has 7 rings (SSSR count). The minimum Gasteiger partial charge on any atom is -0.494 e. The maximum atomic E-state index is 14.3. The van der Waals surface area contributed by atoms with Crippen LogP contribution in [0.3, 0.4) is 0 Å². The van der Waals surface area contributed by atoms with Gasteiger partial charge in [0.2, 0.25) is 10.0 Å². The molecule has 2 aliphatic heterocycles. The normalized spacial score (nSPS) is 25.9. The van der Waals surface area contributed by atoms with E-state index in [1.165, 1.54) is 47.0 Å². The summed E-state index contributed by atoms with van der Waals surface area (Å²) in [6.45, 7) is 4.04. The Morgan fingerprint density at radius 1 is 1.16 bits per heavy atom. The summed E-state index contributed by atoms with van der Waals surface area (Å²) in [4.78, 5) is 18.1. The molecule has 7 atom stereocenters. The molecular formula is C34H43FN4O8S2. The second kappa shape index (κ2) is 13.9. The molecule has 0 spiro atoms. The van der Waals surface area contributed by atoms with Crippen molar-refractivity contribution in [3.63, 3.8) is 0 Å². The lowest BCUT2D eigenvalue weighted by Crippen LogP contribution is -2.53. The number of sulfonamides is 1. The van der Waals surface area contributed by atoms with E-state index in [1.807, 2.05) is 13.8 Å². The van der Waals surface area contributed by atoms with Gasteiger partial charge in [0.15, 0.2) is 23.0 Å². The van der Waals surface area contributed by atoms with Crippen molar-refractivity contribution in [2.24, 2.45) is 17.8 Å². The third kappa shape index (κ3) is 7.52. The van der Waals surface area contributed by atoms with Crippen molar-refractivity contribution in [3.05, 3.63) is 47.8 Å². The number of anilines is 1. The number of aliphatic hydroxyl groups excluding tert-OH is 1. The molecule has 3 N–H and O–H groups in total. The van der Waals surface area contributed by atoms with Gasteiger partial charge in [0.05, 0.1) is 47.1 Å². The third-order valence-corrected chi connectivity index (χ3v) is 12.5. The lowest BCUT2D eigenvalue weighted by atomic mass is 9.78. The molecule has 266 valence electrons. The molecule has 1 amide bonds. The molecule has 15 heteroatoms. The van der Waals surface area contributed by atoms with Crippen molar-refractivity contribution in [2.45, 2.75) is 87.5 Å². The molecule has 0 radical (unpaired) electrons. The van der Waals surface area contributed by atoms with Crippen LogP contribution >= 0.6 is 11.3 Å². The van der Waals surface area contributed by atoms with Gasteiger partial charge in [-0.05, 0) is 73.9 Å². The Kier molecular flexibility index (Phi) is 9.76. The van der Waals surface area contributed by atoms with Gasteiger partial charge in [0, 0.05) is 31.0 Å². The van der Waals surface area contributed by atoms with Crippen LogP contribution in [-0.4, -0.2) is 92.4 Å². The van der Waals surface area contributed by atoms with E-state index in [0.717, 1.165) is 35.5 Å². The van der Waals surface area contributed by atoms with Crippen molar-refractivity contribution < 1.29 is 41.7 Å². The van der Waals surface area contributed by atoms with Gasteiger partial charge < -0.3 is 34.7 Å². The summed E-state index contributed by atoms with van der Waals surface area (Å²) in [6, 6.07) is 8.54. The maximum absolute atomic E-state index is 14.3. The number of carbonyl (C=O) groups excluding carboxylic acids is 1. The molecule has 12 nitrogen and oxygen atoms in total. The lowest BCUT2D eigenvalue weighted by molar-refractivity contribution is -0.153. The van der Waals surface area contributed by atoms with Crippen molar-refractivity contribution >= 4 is 42.8 Å². The number of amides is 1. The summed E-state index contributed by atoms with van der Waals surface area (Å²) in [5.74, 6) is -0.317. The number of carbonyl (C=O) groups is 1. The fourth-order valence-electron chi connectivity index (χ4n) is 7.09. The molecule has 4 aliphatic rings. The number of hydrogen-bond donors (Lipinski definition) is 3. The Balaban J connectivity index is 1.12. The van der Waals surface area contributed by atoms with E-state index in [9.17, 15) is 22.7 Å². The zero-order valence-electron chi connectivity index (χ0n) is 27.7. The van der Waals surface area contributed by atoms with Crippen molar-refractivity contribution in [1.29, 1.82) is 0 Å². The molecule has 2 aliphatic carbocycles. The Morgan fingerprint density at radius 3 is 2.73 bits per heavy atom. The highest BCUT2D eigenvalue weighted by atomic mass is 32.2. The van der Waals surface area contributed by atoms with Crippen LogP contribution < -0.4 is 15.4 Å². The number of ether oxygens (including phenoxy) is 4. The molecule has 49 heavy (non-hydrogen) atoms. The van der Waals surface area contributed by atoms with Crippen LogP contribution in [0.25, 0.3) is 10.2 Å². The van der Waals surface area contributed by atoms with Crippen LogP contribution in [0.2, 0.25) is 0 Å². The number of aliphatic hydroxyl groups is 1. The predicted octanol–water partition coefficient (Wildman–Crippen LogP) is 4.51. The van der Waals surface area contributed by atoms with Crippen LogP contribution in [0.4, 0.5) is 14.3 Å². The van der Waals surface area contributed by atoms with Gasteiger partial charge in [-0.2, -0.15) is 4.31 Å². The van der Waals surface area contributed by atoms with Gasteiger partial charge in [-0.1, -0.05) is 31.3 Å². The number of hydrogen-bond acceptors (Lipinski definition) is 11. The van der Waals surface area contributed by atoms with Gasteiger partial charge >= 0.3 is 6.09 Å². The number of fused-ring (bicyclic) bond motifs is 3. The van der Waals surface area contributed by atoms with E-state index in [4.69, 9.17) is 18.9 Å². The van der Waals surface area contributed by atoms with Gasteiger partial charge in [0.1, 0.15) is 6.10 Å². The van der Waals surface area contributed by atoms with Gasteiger partial charge in [-0.15, -0.1) is 0 Å². The molecule has 3 aromatic rings. The lowest BCUT2D eigenvalue weighted by Gasteiger charge is -2.37. The van der Waals surface area contributed by atoms with E-state index < -0.39 is 40.2 Å². The van der Waals surface area contributed by atoms with Crippen LogP contribution in [0.5, 0.6) is 5.75 Å². The van der Waals surface area contributed by atoms with E-state index in [2.05, 4.69) is 15.6 Å². The Labute approximate surface area is 289 Å². The minimum atomic E-state index is -4.08. The molecule has 3 bridgehead atoms. The largest absolute Gasteiger partial charge is 0.494 e. The van der Waals surface area contributed by atoms with Crippen LogP contribution in [0.1, 0.15) is 45.1 Å². The van der Waals surface area contributed by atoms with Crippen LogP contribution in [0, 0.1) is 23.6 Å². The first-order valence-corrected chi connectivity index (χ1v) is 19.1. The Hall–Kier alpha value is -3.08. The fraction of sp³-hybridized carbons (Fsp3) is 0.588. The maximum Gasteiger partial charge on any atom is 0.407 e. The van der Waals surface area contributed by atoms with E-state index >= 15 is 0 Å². The Bertz CT molecular complexity index is 1780. The highest BCUT2D eigenvalue weighted by Gasteiger charge is 2.53. The molecule has 2 saturated heterocycles. The number of thiazole rings is 1. The summed E-state index contributed by atoms with van der Waals surface area (Å²) < 4.78 is 67.4. The van der Waals surface area contributed by atoms with Crippen LogP contribution in [0.15, 0.2) is 41.3 Å². The third-order valence-electron chi connectivity index (χ3n) is 9.68. The van der Waals surface area contributed by atoms with Gasteiger partial charge in [-0.25, -0.2) is 22.6 Å². The highest BCUT2D eigenvalue weighted by Crippen LogP contribution is 2.46. The first-order valence-electron chi connectivity index (χ1n) is 16.9. The summed E-state index contributed by atoms with van der Waals surface area (Å²) in [7, 11) is -2.73. The summed E-state index contributed by atoms with van der Waals surface area (Å²) in [5, 5.41) is 18.7. The number of rotatable bonds is 14. The SMILES string of the molecule is COc1cc(CC(NC(=O)OC2C3COC4OC2CC4C3)C(O)CN(CC(C)C)S(=O)(=O)c2ccc3nc(NC4CC4)sc3c2)ccc1F. The van der Waals surface area contributed by atoms with E-state index in [-0.39, 0.29) is 54.4 Å². The van der Waals surface area contributed by atoms with Crippen molar-refractivity contribution in [1.82, 2.24) is 14.6 Å². The first-order chi connectivity index (χ1) is 23.5. The highest BCUT2D eigenvalue weighted by molar-refractivity contribution is 7.89. The number of nitrogens with zero attached hydrogens (tertiary/aromatic N) is 2. The Morgan fingerprint density at radius 2 is 1.98 bits per heavy atom.